The Hall–Kier alpha value is -1.06. The van der Waals surface area contributed by atoms with Gasteiger partial charge >= 0.3 is 0 Å². The van der Waals surface area contributed by atoms with E-state index in [0.29, 0.717) is 19.6 Å². The molecule has 0 aromatic rings. The Kier molecular flexibility index (Phi) is 2.90. The Morgan fingerprint density at radius 3 is 2.15 bits per heavy atom. The van der Waals surface area contributed by atoms with Gasteiger partial charge in [-0.05, 0) is 6.92 Å². The minimum atomic E-state index is 0.0926. The van der Waals surface area contributed by atoms with Crippen LogP contribution in [-0.4, -0.2) is 47.3 Å². The molecule has 0 aliphatic carbocycles. The zero-order valence-electron chi connectivity index (χ0n) is 8.41. The van der Waals surface area contributed by atoms with Gasteiger partial charge in [0.25, 0.3) is 0 Å². The van der Waals surface area contributed by atoms with E-state index >= 15 is 0 Å². The second-order valence-electron chi connectivity index (χ2n) is 3.53. The number of rotatable bonds is 0. The lowest BCUT2D eigenvalue weighted by Crippen LogP contribution is -2.54. The number of nitrogens with zero attached hydrogens (tertiary/aromatic N) is 2. The van der Waals surface area contributed by atoms with Gasteiger partial charge in [-0.15, -0.1) is 0 Å². The normalized spacial score (nSPS) is 23.2. The van der Waals surface area contributed by atoms with E-state index in [1.165, 1.54) is 0 Å². The highest BCUT2D eigenvalue weighted by atomic mass is 16.2. The maximum Gasteiger partial charge on any atom is 0.219 e. The van der Waals surface area contributed by atoms with Crippen molar-refractivity contribution in [2.45, 2.75) is 26.8 Å². The maximum absolute atomic E-state index is 11.1. The molecule has 0 saturated carbocycles. The summed E-state index contributed by atoms with van der Waals surface area (Å²) >= 11 is 0. The third-order valence-electron chi connectivity index (χ3n) is 2.48. The summed E-state index contributed by atoms with van der Waals surface area (Å²) in [6, 6.07) is 0.148. The van der Waals surface area contributed by atoms with Crippen LogP contribution in [0.4, 0.5) is 0 Å². The second kappa shape index (κ2) is 3.77. The summed E-state index contributed by atoms with van der Waals surface area (Å²) in [6.45, 7) is 7.09. The SMILES string of the molecule is CC(=O)N1CCN(C(C)=O)[C@H](C)C1. The van der Waals surface area contributed by atoms with Crippen LogP contribution in [0.2, 0.25) is 0 Å². The quantitative estimate of drug-likeness (QED) is 0.535. The monoisotopic (exact) mass is 184 g/mol. The van der Waals surface area contributed by atoms with Crippen molar-refractivity contribution in [3.05, 3.63) is 0 Å². The molecule has 0 N–H and O–H groups in total. The number of piperazine rings is 1. The Bertz CT molecular complexity index is 228. The smallest absolute Gasteiger partial charge is 0.219 e. The molecule has 1 fully saturated rings. The second-order valence-corrected chi connectivity index (χ2v) is 3.53. The van der Waals surface area contributed by atoms with Gasteiger partial charge in [0.05, 0.1) is 0 Å². The Morgan fingerprint density at radius 2 is 1.77 bits per heavy atom. The van der Waals surface area contributed by atoms with Gasteiger partial charge < -0.3 is 9.80 Å². The molecule has 0 bridgehead atoms. The summed E-state index contributed by atoms with van der Waals surface area (Å²) in [5, 5.41) is 0. The molecule has 0 aromatic heterocycles. The average Bonchev–Trinajstić information content (AvgIpc) is 2.03. The van der Waals surface area contributed by atoms with Crippen molar-refractivity contribution >= 4 is 11.8 Å². The van der Waals surface area contributed by atoms with E-state index in [9.17, 15) is 9.59 Å². The van der Waals surface area contributed by atoms with Crippen molar-refractivity contribution in [3.8, 4) is 0 Å². The molecule has 0 unspecified atom stereocenters. The lowest BCUT2D eigenvalue weighted by atomic mass is 10.2. The van der Waals surface area contributed by atoms with E-state index in [1.54, 1.807) is 23.6 Å². The first-order chi connectivity index (χ1) is 6.02. The van der Waals surface area contributed by atoms with Gasteiger partial charge in [-0.2, -0.15) is 0 Å². The fourth-order valence-electron chi connectivity index (χ4n) is 1.71. The van der Waals surface area contributed by atoms with Crippen LogP contribution in [0.3, 0.4) is 0 Å². The zero-order chi connectivity index (χ0) is 10.0. The summed E-state index contributed by atoms with van der Waals surface area (Å²) in [6.07, 6.45) is 0. The number of carbonyl (C=O) groups is 2. The molecule has 1 aliphatic rings. The van der Waals surface area contributed by atoms with Gasteiger partial charge in [0.2, 0.25) is 11.8 Å². The molecule has 74 valence electrons. The Balaban J connectivity index is 2.56. The third-order valence-corrected chi connectivity index (χ3v) is 2.48. The first-order valence-electron chi connectivity index (χ1n) is 4.55. The third kappa shape index (κ3) is 2.20. The molecule has 4 heteroatoms. The minimum absolute atomic E-state index is 0.0926. The zero-order valence-corrected chi connectivity index (χ0v) is 8.41. The molecule has 1 saturated heterocycles. The van der Waals surface area contributed by atoms with Gasteiger partial charge in [0.15, 0.2) is 0 Å². The van der Waals surface area contributed by atoms with Crippen LogP contribution < -0.4 is 0 Å². The lowest BCUT2D eigenvalue weighted by molar-refractivity contribution is -0.139. The van der Waals surface area contributed by atoms with Crippen molar-refractivity contribution in [1.82, 2.24) is 9.80 Å². The molecule has 1 aliphatic heterocycles. The summed E-state index contributed by atoms with van der Waals surface area (Å²) in [5.74, 6) is 0.186. The van der Waals surface area contributed by atoms with Crippen LogP contribution in [0.25, 0.3) is 0 Å². The molecule has 13 heavy (non-hydrogen) atoms. The maximum atomic E-state index is 11.1. The number of hydrogen-bond acceptors (Lipinski definition) is 2. The van der Waals surface area contributed by atoms with Crippen molar-refractivity contribution in [2.24, 2.45) is 0 Å². The van der Waals surface area contributed by atoms with Crippen molar-refractivity contribution < 1.29 is 9.59 Å². The molecule has 4 nitrogen and oxygen atoms in total. The molecular formula is C9H16N2O2. The van der Waals surface area contributed by atoms with Crippen LogP contribution in [0, 0.1) is 0 Å². The first kappa shape index (κ1) is 10.0. The molecule has 1 heterocycles. The topological polar surface area (TPSA) is 40.6 Å². The molecule has 1 atom stereocenters. The van der Waals surface area contributed by atoms with Crippen LogP contribution in [0.15, 0.2) is 0 Å². The van der Waals surface area contributed by atoms with E-state index in [0.717, 1.165) is 0 Å². The van der Waals surface area contributed by atoms with E-state index in [4.69, 9.17) is 0 Å². The van der Waals surface area contributed by atoms with Crippen LogP contribution >= 0.6 is 0 Å². The van der Waals surface area contributed by atoms with Crippen molar-refractivity contribution in [3.63, 3.8) is 0 Å². The summed E-state index contributed by atoms with van der Waals surface area (Å²) in [7, 11) is 0. The van der Waals surface area contributed by atoms with E-state index in [2.05, 4.69) is 0 Å². The van der Waals surface area contributed by atoms with Crippen LogP contribution in [0.1, 0.15) is 20.8 Å². The summed E-state index contributed by atoms with van der Waals surface area (Å²) < 4.78 is 0. The molecular weight excluding hydrogens is 168 g/mol. The highest BCUT2D eigenvalue weighted by molar-refractivity contribution is 5.76. The standard InChI is InChI=1S/C9H16N2O2/c1-7-6-10(8(2)12)4-5-11(7)9(3)13/h7H,4-6H2,1-3H3/t7-/m1/s1. The lowest BCUT2D eigenvalue weighted by Gasteiger charge is -2.39. The molecule has 0 radical (unpaired) electrons. The predicted octanol–water partition coefficient (Wildman–Crippen LogP) is 0.0855. The molecule has 1 rings (SSSR count). The minimum Gasteiger partial charge on any atom is -0.339 e. The molecule has 0 aromatic carbocycles. The number of carbonyl (C=O) groups excluding carboxylic acids is 2. The first-order valence-corrected chi connectivity index (χ1v) is 4.55. The number of amides is 2. The highest BCUT2D eigenvalue weighted by Crippen LogP contribution is 2.09. The van der Waals surface area contributed by atoms with Crippen molar-refractivity contribution in [1.29, 1.82) is 0 Å². The van der Waals surface area contributed by atoms with E-state index in [1.807, 2.05) is 6.92 Å². The summed E-state index contributed by atoms with van der Waals surface area (Å²) in [5.41, 5.74) is 0. The average molecular weight is 184 g/mol. The van der Waals surface area contributed by atoms with Gasteiger partial charge in [0, 0.05) is 39.5 Å². The van der Waals surface area contributed by atoms with E-state index < -0.39 is 0 Å². The predicted molar refractivity (Wildman–Crippen MR) is 49.1 cm³/mol. The van der Waals surface area contributed by atoms with Crippen LogP contribution in [-0.2, 0) is 9.59 Å². The van der Waals surface area contributed by atoms with Gasteiger partial charge in [0.1, 0.15) is 0 Å². The Labute approximate surface area is 78.5 Å². The largest absolute Gasteiger partial charge is 0.339 e. The Morgan fingerprint density at radius 1 is 1.15 bits per heavy atom. The fourth-order valence-corrected chi connectivity index (χ4v) is 1.71. The van der Waals surface area contributed by atoms with Gasteiger partial charge in [-0.25, -0.2) is 0 Å². The molecule has 2 amide bonds. The highest BCUT2D eigenvalue weighted by Gasteiger charge is 2.26. The van der Waals surface area contributed by atoms with E-state index in [-0.39, 0.29) is 17.9 Å². The van der Waals surface area contributed by atoms with Gasteiger partial charge in [-0.1, -0.05) is 0 Å². The number of hydrogen-bond donors (Lipinski definition) is 0. The van der Waals surface area contributed by atoms with Crippen molar-refractivity contribution in [2.75, 3.05) is 19.6 Å². The fraction of sp³-hybridized carbons (Fsp3) is 0.778. The van der Waals surface area contributed by atoms with Gasteiger partial charge in [-0.3, -0.25) is 9.59 Å². The van der Waals surface area contributed by atoms with Crippen LogP contribution in [0.5, 0.6) is 0 Å². The molecule has 0 spiro atoms. The summed E-state index contributed by atoms with van der Waals surface area (Å²) in [4.78, 5) is 25.7.